The van der Waals surface area contributed by atoms with Gasteiger partial charge >= 0.3 is 0 Å². The Morgan fingerprint density at radius 2 is 2.05 bits per heavy atom. The van der Waals surface area contributed by atoms with E-state index in [1.54, 1.807) is 11.3 Å². The second kappa shape index (κ2) is 5.26. The van der Waals surface area contributed by atoms with Gasteiger partial charge in [0.25, 0.3) is 0 Å². The van der Waals surface area contributed by atoms with Crippen LogP contribution >= 0.6 is 22.9 Å². The van der Waals surface area contributed by atoms with E-state index < -0.39 is 0 Å². The minimum atomic E-state index is 0.256. The van der Waals surface area contributed by atoms with Crippen molar-refractivity contribution in [3.63, 3.8) is 0 Å². The second-order valence-corrected chi connectivity index (χ2v) is 5.78. The van der Waals surface area contributed by atoms with E-state index in [9.17, 15) is 0 Å². The number of aromatic nitrogens is 2. The Bertz CT molecular complexity index is 754. The predicted octanol–water partition coefficient (Wildman–Crippen LogP) is 4.15. The number of fused-ring (bicyclic) bond motifs is 1. The van der Waals surface area contributed by atoms with Gasteiger partial charge in [-0.3, -0.25) is 0 Å². The van der Waals surface area contributed by atoms with Gasteiger partial charge in [0.1, 0.15) is 10.6 Å². The Balaban J connectivity index is 2.00. The van der Waals surface area contributed by atoms with Gasteiger partial charge in [-0.2, -0.15) is 4.98 Å². The van der Waals surface area contributed by atoms with Crippen LogP contribution in [-0.2, 0) is 0 Å². The zero-order valence-corrected chi connectivity index (χ0v) is 12.7. The molecular weight excluding hydrogens is 292 g/mol. The number of benzene rings is 1. The van der Waals surface area contributed by atoms with Gasteiger partial charge in [0.05, 0.1) is 5.39 Å². The summed E-state index contributed by atoms with van der Waals surface area (Å²) in [7, 11) is 4.02. The Morgan fingerprint density at radius 1 is 1.20 bits per heavy atom. The number of nitrogens with zero attached hydrogens (tertiary/aromatic N) is 3. The number of hydrogen-bond donors (Lipinski definition) is 1. The highest BCUT2D eigenvalue weighted by Gasteiger charge is 2.08. The summed E-state index contributed by atoms with van der Waals surface area (Å²) in [5.74, 6) is 0.733. The van der Waals surface area contributed by atoms with Crippen LogP contribution in [0.5, 0.6) is 0 Å². The highest BCUT2D eigenvalue weighted by molar-refractivity contribution is 7.16. The molecule has 0 amide bonds. The third-order valence-corrected chi connectivity index (χ3v) is 3.90. The van der Waals surface area contributed by atoms with Gasteiger partial charge in [0.15, 0.2) is 0 Å². The molecule has 0 saturated carbocycles. The summed E-state index contributed by atoms with van der Waals surface area (Å²) in [6.45, 7) is 0. The van der Waals surface area contributed by atoms with Crippen LogP contribution in [0.25, 0.3) is 10.2 Å². The summed E-state index contributed by atoms with van der Waals surface area (Å²) in [4.78, 5) is 11.4. The molecule has 4 nitrogen and oxygen atoms in total. The molecule has 0 bridgehead atoms. The molecule has 1 aromatic carbocycles. The van der Waals surface area contributed by atoms with Crippen LogP contribution < -0.4 is 10.2 Å². The summed E-state index contributed by atoms with van der Waals surface area (Å²) in [5, 5.41) is 6.53. The van der Waals surface area contributed by atoms with E-state index in [4.69, 9.17) is 11.6 Å². The molecule has 0 spiro atoms. The molecule has 0 atom stereocenters. The van der Waals surface area contributed by atoms with Gasteiger partial charge in [0.2, 0.25) is 5.28 Å². The van der Waals surface area contributed by atoms with Crippen molar-refractivity contribution in [2.75, 3.05) is 24.3 Å². The van der Waals surface area contributed by atoms with Crippen LogP contribution in [0.4, 0.5) is 17.2 Å². The Kier molecular flexibility index (Phi) is 3.46. The fourth-order valence-corrected chi connectivity index (χ4v) is 2.91. The monoisotopic (exact) mass is 304 g/mol. The minimum absolute atomic E-state index is 0.256. The topological polar surface area (TPSA) is 41.0 Å². The lowest BCUT2D eigenvalue weighted by atomic mass is 10.2. The smallest absolute Gasteiger partial charge is 0.225 e. The van der Waals surface area contributed by atoms with Crippen LogP contribution in [0.15, 0.2) is 35.7 Å². The standard InChI is InChI=1S/C14H13ClN4S/c1-19(2)10-5-3-4-9(8-10)16-12-11-6-7-20-13(11)18-14(15)17-12/h3-8H,1-2H3,(H,16,17,18). The number of nitrogens with one attached hydrogen (secondary N) is 1. The SMILES string of the molecule is CN(C)c1cccc(Nc2nc(Cl)nc3sccc23)c1. The van der Waals surface area contributed by atoms with Crippen molar-refractivity contribution < 1.29 is 0 Å². The molecule has 102 valence electrons. The van der Waals surface area contributed by atoms with E-state index >= 15 is 0 Å². The normalized spacial score (nSPS) is 10.8. The average Bonchev–Trinajstić information content (AvgIpc) is 2.87. The molecule has 0 fully saturated rings. The predicted molar refractivity (Wildman–Crippen MR) is 86.5 cm³/mol. The van der Waals surface area contributed by atoms with Gasteiger partial charge in [-0.05, 0) is 41.2 Å². The Hall–Kier alpha value is -1.85. The first-order valence-electron chi connectivity index (χ1n) is 6.08. The summed E-state index contributed by atoms with van der Waals surface area (Å²) < 4.78 is 0. The molecule has 6 heteroatoms. The fourth-order valence-electron chi connectivity index (χ4n) is 1.92. The quantitative estimate of drug-likeness (QED) is 0.738. The lowest BCUT2D eigenvalue weighted by Gasteiger charge is -2.14. The number of halogens is 1. The molecule has 20 heavy (non-hydrogen) atoms. The molecule has 1 N–H and O–H groups in total. The Labute approximate surface area is 126 Å². The van der Waals surface area contributed by atoms with E-state index in [0.29, 0.717) is 0 Å². The molecule has 0 saturated heterocycles. The van der Waals surface area contributed by atoms with Crippen molar-refractivity contribution in [3.8, 4) is 0 Å². The summed E-state index contributed by atoms with van der Waals surface area (Å²) in [5.41, 5.74) is 2.09. The number of hydrogen-bond acceptors (Lipinski definition) is 5. The number of anilines is 3. The molecule has 2 heterocycles. The summed E-state index contributed by atoms with van der Waals surface area (Å²) >= 11 is 7.52. The zero-order valence-electron chi connectivity index (χ0n) is 11.1. The molecule has 0 unspecified atom stereocenters. The van der Waals surface area contributed by atoms with Crippen molar-refractivity contribution in [3.05, 3.63) is 41.0 Å². The minimum Gasteiger partial charge on any atom is -0.378 e. The molecule has 3 aromatic rings. The lowest BCUT2D eigenvalue weighted by molar-refractivity contribution is 1.13. The maximum Gasteiger partial charge on any atom is 0.225 e. The fraction of sp³-hybridized carbons (Fsp3) is 0.143. The summed E-state index contributed by atoms with van der Waals surface area (Å²) in [6.07, 6.45) is 0. The molecule has 0 radical (unpaired) electrons. The van der Waals surface area contributed by atoms with Crippen molar-refractivity contribution in [2.24, 2.45) is 0 Å². The van der Waals surface area contributed by atoms with Crippen LogP contribution in [0.3, 0.4) is 0 Å². The van der Waals surface area contributed by atoms with Gasteiger partial charge in [-0.25, -0.2) is 4.98 Å². The molecular formula is C14H13ClN4S. The zero-order chi connectivity index (χ0) is 14.1. The first-order valence-corrected chi connectivity index (χ1v) is 7.34. The van der Waals surface area contributed by atoms with Gasteiger partial charge in [-0.1, -0.05) is 6.07 Å². The van der Waals surface area contributed by atoms with Crippen molar-refractivity contribution in [1.82, 2.24) is 9.97 Å². The van der Waals surface area contributed by atoms with Crippen molar-refractivity contribution >= 4 is 50.3 Å². The average molecular weight is 305 g/mol. The van der Waals surface area contributed by atoms with Crippen molar-refractivity contribution in [2.45, 2.75) is 0 Å². The highest BCUT2D eigenvalue weighted by atomic mass is 35.5. The third-order valence-electron chi connectivity index (χ3n) is 2.92. The van der Waals surface area contributed by atoms with Crippen LogP contribution in [0.1, 0.15) is 0 Å². The number of rotatable bonds is 3. The van der Waals surface area contributed by atoms with E-state index in [2.05, 4.69) is 32.3 Å². The number of thiophene rings is 1. The van der Waals surface area contributed by atoms with Gasteiger partial charge in [0, 0.05) is 25.5 Å². The van der Waals surface area contributed by atoms with Crippen molar-refractivity contribution in [1.29, 1.82) is 0 Å². The van der Waals surface area contributed by atoms with Crippen LogP contribution in [0, 0.1) is 0 Å². The largest absolute Gasteiger partial charge is 0.378 e. The van der Waals surface area contributed by atoms with Crippen LogP contribution in [-0.4, -0.2) is 24.1 Å². The third kappa shape index (κ3) is 2.55. The maximum atomic E-state index is 5.96. The van der Waals surface area contributed by atoms with E-state index in [0.717, 1.165) is 27.4 Å². The lowest BCUT2D eigenvalue weighted by Crippen LogP contribution is -2.08. The molecule has 0 aliphatic carbocycles. The summed E-state index contributed by atoms with van der Waals surface area (Å²) in [6, 6.07) is 10.1. The molecule has 0 aliphatic heterocycles. The molecule has 3 rings (SSSR count). The first kappa shape index (κ1) is 13.1. The van der Waals surface area contributed by atoms with Gasteiger partial charge in [-0.15, -0.1) is 11.3 Å². The highest BCUT2D eigenvalue weighted by Crippen LogP contribution is 2.29. The molecule has 0 aliphatic rings. The second-order valence-electron chi connectivity index (χ2n) is 4.55. The van der Waals surface area contributed by atoms with Crippen LogP contribution in [0.2, 0.25) is 5.28 Å². The Morgan fingerprint density at radius 3 is 2.85 bits per heavy atom. The van der Waals surface area contributed by atoms with E-state index in [1.807, 2.05) is 37.7 Å². The maximum absolute atomic E-state index is 5.96. The van der Waals surface area contributed by atoms with E-state index in [1.165, 1.54) is 0 Å². The van der Waals surface area contributed by atoms with E-state index in [-0.39, 0.29) is 5.28 Å². The molecule has 2 aromatic heterocycles. The first-order chi connectivity index (χ1) is 9.63. The van der Waals surface area contributed by atoms with Gasteiger partial charge < -0.3 is 10.2 Å².